The maximum atomic E-state index is 10.3. The summed E-state index contributed by atoms with van der Waals surface area (Å²) in [5, 5.41) is 10.3. The first-order valence-corrected chi connectivity index (χ1v) is 7.73. The molecule has 1 saturated heterocycles. The summed E-state index contributed by atoms with van der Waals surface area (Å²) in [7, 11) is 4.20. The van der Waals surface area contributed by atoms with Crippen LogP contribution in [0.3, 0.4) is 0 Å². The number of aliphatic hydroxyl groups is 1. The van der Waals surface area contributed by atoms with Gasteiger partial charge in [0.25, 0.3) is 0 Å². The topological polar surface area (TPSA) is 26.7 Å². The molecular weight excluding hydrogens is 224 g/mol. The molecule has 0 aromatic heterocycles. The van der Waals surface area contributed by atoms with E-state index in [2.05, 4.69) is 23.9 Å². The number of likely N-dealkylation sites (tertiary alicyclic amines) is 1. The van der Waals surface area contributed by atoms with Gasteiger partial charge in [-0.25, -0.2) is 0 Å². The molecule has 3 heteroatoms. The van der Waals surface area contributed by atoms with Crippen LogP contribution < -0.4 is 0 Å². The maximum absolute atomic E-state index is 10.3. The van der Waals surface area contributed by atoms with Gasteiger partial charge in [-0.3, -0.25) is 4.90 Å². The minimum atomic E-state index is -0.121. The molecule has 1 heterocycles. The summed E-state index contributed by atoms with van der Waals surface area (Å²) in [5.74, 6) is 0.474. The third kappa shape index (κ3) is 3.94. The van der Waals surface area contributed by atoms with Crippen LogP contribution in [0.25, 0.3) is 0 Å². The summed E-state index contributed by atoms with van der Waals surface area (Å²) in [4.78, 5) is 4.78. The van der Waals surface area contributed by atoms with Gasteiger partial charge in [0.05, 0.1) is 6.10 Å². The zero-order valence-corrected chi connectivity index (χ0v) is 12.1. The predicted molar refractivity (Wildman–Crippen MR) is 75.7 cm³/mol. The molecule has 2 atom stereocenters. The smallest absolute Gasteiger partial charge is 0.0708 e. The highest BCUT2D eigenvalue weighted by Gasteiger charge is 2.31. The first-order valence-electron chi connectivity index (χ1n) is 7.73. The Morgan fingerprint density at radius 1 is 1.06 bits per heavy atom. The molecule has 3 nitrogen and oxygen atoms in total. The molecule has 2 aliphatic rings. The van der Waals surface area contributed by atoms with Crippen LogP contribution in [-0.4, -0.2) is 60.8 Å². The lowest BCUT2D eigenvalue weighted by atomic mass is 9.91. The number of hydrogen-bond acceptors (Lipinski definition) is 3. The van der Waals surface area contributed by atoms with Crippen molar-refractivity contribution in [1.82, 2.24) is 9.80 Å². The molecule has 2 rings (SSSR count). The number of rotatable bonds is 3. The lowest BCUT2D eigenvalue weighted by Crippen LogP contribution is -2.50. The van der Waals surface area contributed by atoms with Crippen molar-refractivity contribution in [2.75, 3.05) is 33.7 Å². The van der Waals surface area contributed by atoms with Crippen LogP contribution >= 0.6 is 0 Å². The van der Waals surface area contributed by atoms with Crippen LogP contribution in [0.15, 0.2) is 0 Å². The molecule has 0 unspecified atom stereocenters. The molecule has 0 amide bonds. The fraction of sp³-hybridized carbons (Fsp3) is 1.00. The van der Waals surface area contributed by atoms with Crippen LogP contribution in [0.4, 0.5) is 0 Å². The number of β-amino-alcohol motifs (C(OH)–C–C–N with tert-alkyl or cyclic N) is 1. The number of aliphatic hydroxyl groups excluding tert-OH is 1. The lowest BCUT2D eigenvalue weighted by molar-refractivity contribution is -0.00705. The highest BCUT2D eigenvalue weighted by atomic mass is 16.3. The Labute approximate surface area is 112 Å². The second-order valence-electron chi connectivity index (χ2n) is 6.52. The van der Waals surface area contributed by atoms with Gasteiger partial charge in [-0.15, -0.1) is 0 Å². The normalized spacial score (nSPS) is 32.7. The second-order valence-corrected chi connectivity index (χ2v) is 6.52. The van der Waals surface area contributed by atoms with Crippen molar-refractivity contribution in [1.29, 1.82) is 0 Å². The summed E-state index contributed by atoms with van der Waals surface area (Å²) in [6.45, 7) is 3.13. The predicted octanol–water partition coefficient (Wildman–Crippen LogP) is 1.95. The Morgan fingerprint density at radius 3 is 2.28 bits per heavy atom. The van der Waals surface area contributed by atoms with Gasteiger partial charge in [0, 0.05) is 19.1 Å². The van der Waals surface area contributed by atoms with Gasteiger partial charge in [-0.1, -0.05) is 25.7 Å². The molecule has 0 aromatic rings. The average Bonchev–Trinajstić information content (AvgIpc) is 2.60. The van der Waals surface area contributed by atoms with E-state index in [1.54, 1.807) is 0 Å². The van der Waals surface area contributed by atoms with E-state index in [1.807, 2.05) is 0 Å². The zero-order valence-electron chi connectivity index (χ0n) is 12.1. The average molecular weight is 254 g/mol. The van der Waals surface area contributed by atoms with E-state index < -0.39 is 0 Å². The standard InChI is InChI=1S/C15H30N2O/c1-16(2)11-13-9-10-17(12-15(13)18)14-7-5-3-4-6-8-14/h13-15,18H,3-12H2,1-2H3/t13-,15+/m0/s1. The van der Waals surface area contributed by atoms with E-state index in [4.69, 9.17) is 0 Å². The third-order valence-corrected chi connectivity index (χ3v) is 4.69. The zero-order chi connectivity index (χ0) is 13.0. The van der Waals surface area contributed by atoms with Gasteiger partial charge in [-0.2, -0.15) is 0 Å². The van der Waals surface area contributed by atoms with E-state index in [0.717, 1.165) is 25.6 Å². The van der Waals surface area contributed by atoms with E-state index in [9.17, 15) is 5.11 Å². The summed E-state index contributed by atoms with van der Waals surface area (Å²) in [5.41, 5.74) is 0. The fourth-order valence-corrected chi connectivity index (χ4v) is 3.64. The van der Waals surface area contributed by atoms with E-state index in [1.165, 1.54) is 45.1 Å². The number of piperidine rings is 1. The molecule has 0 aromatic carbocycles. The van der Waals surface area contributed by atoms with Crippen molar-refractivity contribution in [3.8, 4) is 0 Å². The quantitative estimate of drug-likeness (QED) is 0.780. The molecular formula is C15H30N2O. The van der Waals surface area contributed by atoms with Crippen LogP contribution in [0.5, 0.6) is 0 Å². The Kier molecular flexibility index (Phi) is 5.46. The van der Waals surface area contributed by atoms with E-state index >= 15 is 0 Å². The van der Waals surface area contributed by atoms with Gasteiger partial charge in [0.2, 0.25) is 0 Å². The molecule has 1 aliphatic carbocycles. The van der Waals surface area contributed by atoms with Crippen molar-refractivity contribution in [3.05, 3.63) is 0 Å². The minimum absolute atomic E-state index is 0.121. The number of hydrogen-bond donors (Lipinski definition) is 1. The highest BCUT2D eigenvalue weighted by Crippen LogP contribution is 2.26. The summed E-state index contributed by atoms with van der Waals surface area (Å²) in [6.07, 6.45) is 9.35. The Hall–Kier alpha value is -0.120. The van der Waals surface area contributed by atoms with Crippen molar-refractivity contribution in [2.45, 2.75) is 57.1 Å². The Bertz CT molecular complexity index is 237. The third-order valence-electron chi connectivity index (χ3n) is 4.69. The van der Waals surface area contributed by atoms with Crippen LogP contribution in [-0.2, 0) is 0 Å². The SMILES string of the molecule is CN(C)C[C@@H]1CCN(C2CCCCCC2)C[C@H]1O. The van der Waals surface area contributed by atoms with Crippen molar-refractivity contribution in [2.24, 2.45) is 5.92 Å². The van der Waals surface area contributed by atoms with Crippen LogP contribution in [0.1, 0.15) is 44.9 Å². The Balaban J connectivity index is 1.82. The summed E-state index contributed by atoms with van der Waals surface area (Å²) >= 11 is 0. The van der Waals surface area contributed by atoms with Gasteiger partial charge in [-0.05, 0) is 45.8 Å². The fourth-order valence-electron chi connectivity index (χ4n) is 3.64. The van der Waals surface area contributed by atoms with Crippen molar-refractivity contribution < 1.29 is 5.11 Å². The number of nitrogens with zero attached hydrogens (tertiary/aromatic N) is 2. The molecule has 2 fully saturated rings. The summed E-state index contributed by atoms with van der Waals surface area (Å²) < 4.78 is 0. The molecule has 18 heavy (non-hydrogen) atoms. The first kappa shape index (κ1) is 14.3. The van der Waals surface area contributed by atoms with Crippen molar-refractivity contribution in [3.63, 3.8) is 0 Å². The monoisotopic (exact) mass is 254 g/mol. The summed E-state index contributed by atoms with van der Waals surface area (Å²) in [6, 6.07) is 0.752. The molecule has 1 N–H and O–H groups in total. The highest BCUT2D eigenvalue weighted by molar-refractivity contribution is 4.85. The molecule has 106 valence electrons. The van der Waals surface area contributed by atoms with Gasteiger partial charge in [0.15, 0.2) is 0 Å². The first-order chi connectivity index (χ1) is 8.66. The molecule has 0 spiro atoms. The molecule has 1 saturated carbocycles. The van der Waals surface area contributed by atoms with E-state index in [-0.39, 0.29) is 6.10 Å². The van der Waals surface area contributed by atoms with Gasteiger partial charge >= 0.3 is 0 Å². The van der Waals surface area contributed by atoms with E-state index in [0.29, 0.717) is 5.92 Å². The minimum Gasteiger partial charge on any atom is -0.391 e. The maximum Gasteiger partial charge on any atom is 0.0708 e. The molecule has 1 aliphatic heterocycles. The molecule has 0 bridgehead atoms. The van der Waals surface area contributed by atoms with Crippen molar-refractivity contribution >= 4 is 0 Å². The lowest BCUT2D eigenvalue weighted by Gasteiger charge is -2.41. The second kappa shape index (κ2) is 6.88. The largest absolute Gasteiger partial charge is 0.391 e. The van der Waals surface area contributed by atoms with Crippen LogP contribution in [0.2, 0.25) is 0 Å². The van der Waals surface area contributed by atoms with Gasteiger partial charge in [0.1, 0.15) is 0 Å². The Morgan fingerprint density at radius 2 is 1.72 bits per heavy atom. The van der Waals surface area contributed by atoms with Crippen LogP contribution in [0, 0.1) is 5.92 Å². The molecule has 0 radical (unpaired) electrons. The van der Waals surface area contributed by atoms with Gasteiger partial charge < -0.3 is 10.0 Å².